The number of rotatable bonds is 10. The molecule has 0 bridgehead atoms. The van der Waals surface area contributed by atoms with Gasteiger partial charge in [-0.1, -0.05) is 13.8 Å². The minimum atomic E-state index is -0.630. The maximum Gasteiger partial charge on any atom is 0.251 e. The van der Waals surface area contributed by atoms with Crippen LogP contribution in [0.1, 0.15) is 55.8 Å². The number of hydrogen-bond donors (Lipinski definition) is 2. The van der Waals surface area contributed by atoms with Crippen molar-refractivity contribution >= 4 is 11.8 Å². The maximum atomic E-state index is 13.0. The van der Waals surface area contributed by atoms with Crippen molar-refractivity contribution in [3.05, 3.63) is 54.0 Å². The molecular formula is C24H33N3O4. The topological polar surface area (TPSA) is 83.8 Å². The van der Waals surface area contributed by atoms with Crippen molar-refractivity contribution in [3.8, 4) is 5.75 Å². The third kappa shape index (κ3) is 6.10. The Hall–Kier alpha value is -2.80. The largest absolute Gasteiger partial charge is 0.494 e. The molecule has 2 heterocycles. The lowest BCUT2D eigenvalue weighted by atomic mass is 10.0. The first-order valence-electron chi connectivity index (χ1n) is 11.1. The fourth-order valence-electron chi connectivity index (χ4n) is 3.88. The van der Waals surface area contributed by atoms with Crippen LogP contribution < -0.4 is 15.4 Å². The third-order valence-electron chi connectivity index (χ3n) is 5.59. The second-order valence-electron chi connectivity index (χ2n) is 8.17. The van der Waals surface area contributed by atoms with E-state index < -0.39 is 6.04 Å². The molecule has 1 fully saturated rings. The molecule has 2 atom stereocenters. The molecule has 1 aromatic heterocycles. The van der Waals surface area contributed by atoms with Gasteiger partial charge in [-0.2, -0.15) is 0 Å². The van der Waals surface area contributed by atoms with Gasteiger partial charge < -0.3 is 19.8 Å². The molecule has 0 unspecified atom stereocenters. The zero-order valence-corrected chi connectivity index (χ0v) is 18.6. The number of benzene rings is 1. The standard InChI is InChI=1S/C24H33N3O4/c1-4-30-19-11-9-18(10-12-19)23(28)26-22(17(2)3)24(29)25-16-20(21-8-7-15-31-21)27-13-5-6-14-27/h7-12,15,17,20,22H,4-6,13-14,16H2,1-3H3,(H,25,29)(H,26,28)/t20-,22-/m1/s1. The zero-order chi connectivity index (χ0) is 22.2. The minimum Gasteiger partial charge on any atom is -0.494 e. The fraction of sp³-hybridized carbons (Fsp3) is 0.500. The summed E-state index contributed by atoms with van der Waals surface area (Å²) in [5.74, 6) is 1.04. The smallest absolute Gasteiger partial charge is 0.251 e. The van der Waals surface area contributed by atoms with Crippen LogP contribution in [0.3, 0.4) is 0 Å². The molecule has 168 valence electrons. The number of carbonyl (C=O) groups excluding carboxylic acids is 2. The molecule has 2 amide bonds. The predicted octanol–water partition coefficient (Wildman–Crippen LogP) is 3.39. The van der Waals surface area contributed by atoms with Crippen LogP contribution in [0.5, 0.6) is 5.75 Å². The highest BCUT2D eigenvalue weighted by Gasteiger charge is 2.29. The zero-order valence-electron chi connectivity index (χ0n) is 18.6. The summed E-state index contributed by atoms with van der Waals surface area (Å²) in [7, 11) is 0. The van der Waals surface area contributed by atoms with Crippen LogP contribution >= 0.6 is 0 Å². The minimum absolute atomic E-state index is 0.00364. The van der Waals surface area contributed by atoms with Gasteiger partial charge in [-0.05, 0) is 75.2 Å². The highest BCUT2D eigenvalue weighted by Crippen LogP contribution is 2.25. The number of ether oxygens (including phenoxy) is 1. The number of nitrogens with zero attached hydrogens (tertiary/aromatic N) is 1. The first kappa shape index (κ1) is 22.9. The lowest BCUT2D eigenvalue weighted by molar-refractivity contribution is -0.124. The van der Waals surface area contributed by atoms with Crippen LogP contribution in [0.2, 0.25) is 0 Å². The van der Waals surface area contributed by atoms with Gasteiger partial charge in [0.1, 0.15) is 17.6 Å². The van der Waals surface area contributed by atoms with E-state index in [1.807, 2.05) is 32.9 Å². The van der Waals surface area contributed by atoms with Crippen LogP contribution in [-0.4, -0.2) is 49.0 Å². The molecule has 31 heavy (non-hydrogen) atoms. The highest BCUT2D eigenvalue weighted by molar-refractivity contribution is 5.97. The number of hydrogen-bond acceptors (Lipinski definition) is 5. The Bertz CT molecular complexity index is 827. The van der Waals surface area contributed by atoms with Gasteiger partial charge in [0.15, 0.2) is 0 Å². The summed E-state index contributed by atoms with van der Waals surface area (Å²) in [6, 6.07) is 10.1. The van der Waals surface area contributed by atoms with E-state index in [0.29, 0.717) is 24.5 Å². The lowest BCUT2D eigenvalue weighted by Gasteiger charge is -2.28. The van der Waals surface area contributed by atoms with Crippen molar-refractivity contribution in [3.63, 3.8) is 0 Å². The Morgan fingerprint density at radius 3 is 2.42 bits per heavy atom. The van der Waals surface area contributed by atoms with Crippen LogP contribution in [-0.2, 0) is 4.79 Å². The SMILES string of the molecule is CCOc1ccc(C(=O)N[C@@H](C(=O)NC[C@H](c2ccco2)N2CCCC2)C(C)C)cc1. The highest BCUT2D eigenvalue weighted by atomic mass is 16.5. The van der Waals surface area contributed by atoms with Crippen molar-refractivity contribution in [2.75, 3.05) is 26.2 Å². The van der Waals surface area contributed by atoms with Gasteiger partial charge >= 0.3 is 0 Å². The Labute approximate surface area is 184 Å². The Balaban J connectivity index is 1.62. The van der Waals surface area contributed by atoms with Crippen LogP contribution in [0.15, 0.2) is 47.1 Å². The van der Waals surface area contributed by atoms with Gasteiger partial charge in [-0.25, -0.2) is 0 Å². The average molecular weight is 428 g/mol. The van der Waals surface area contributed by atoms with Crippen molar-refractivity contribution in [2.24, 2.45) is 5.92 Å². The van der Waals surface area contributed by atoms with Crippen molar-refractivity contribution in [1.82, 2.24) is 15.5 Å². The van der Waals surface area contributed by atoms with Crippen LogP contribution in [0.25, 0.3) is 0 Å². The monoisotopic (exact) mass is 427 g/mol. The Kier molecular flexibility index (Phi) is 8.12. The summed E-state index contributed by atoms with van der Waals surface area (Å²) in [4.78, 5) is 28.0. The molecule has 0 aliphatic carbocycles. The molecule has 3 rings (SSSR count). The van der Waals surface area contributed by atoms with Gasteiger partial charge in [-0.15, -0.1) is 0 Å². The summed E-state index contributed by atoms with van der Waals surface area (Å²) in [6.45, 7) is 8.74. The van der Waals surface area contributed by atoms with Gasteiger partial charge in [0.25, 0.3) is 5.91 Å². The molecule has 0 saturated carbocycles. The number of furan rings is 1. The van der Waals surface area contributed by atoms with E-state index in [1.54, 1.807) is 30.5 Å². The normalized spacial score (nSPS) is 16.1. The summed E-state index contributed by atoms with van der Waals surface area (Å²) in [5.41, 5.74) is 0.493. The van der Waals surface area contributed by atoms with Crippen molar-refractivity contribution in [2.45, 2.75) is 45.7 Å². The van der Waals surface area contributed by atoms with Crippen molar-refractivity contribution in [1.29, 1.82) is 0 Å². The maximum absolute atomic E-state index is 13.0. The summed E-state index contributed by atoms with van der Waals surface area (Å²) in [5, 5.41) is 5.92. The lowest BCUT2D eigenvalue weighted by Crippen LogP contribution is -2.51. The van der Waals surface area contributed by atoms with E-state index in [0.717, 1.165) is 31.7 Å². The van der Waals surface area contributed by atoms with Crippen LogP contribution in [0, 0.1) is 5.92 Å². The van der Waals surface area contributed by atoms with E-state index >= 15 is 0 Å². The first-order valence-corrected chi connectivity index (χ1v) is 11.1. The molecular weight excluding hydrogens is 394 g/mol. The molecule has 1 aliphatic rings. The fourth-order valence-corrected chi connectivity index (χ4v) is 3.88. The number of carbonyl (C=O) groups is 2. The Morgan fingerprint density at radius 2 is 1.84 bits per heavy atom. The van der Waals surface area contributed by atoms with E-state index in [2.05, 4.69) is 15.5 Å². The van der Waals surface area contributed by atoms with E-state index in [9.17, 15) is 9.59 Å². The molecule has 2 N–H and O–H groups in total. The van der Waals surface area contributed by atoms with E-state index in [4.69, 9.17) is 9.15 Å². The summed E-state index contributed by atoms with van der Waals surface area (Å²) < 4.78 is 11.0. The summed E-state index contributed by atoms with van der Waals surface area (Å²) >= 11 is 0. The first-order chi connectivity index (χ1) is 15.0. The van der Waals surface area contributed by atoms with Crippen LogP contribution in [0.4, 0.5) is 0 Å². The number of amides is 2. The molecule has 7 nitrogen and oxygen atoms in total. The quantitative estimate of drug-likeness (QED) is 0.607. The molecule has 0 spiro atoms. The molecule has 2 aromatic rings. The molecule has 1 aromatic carbocycles. The predicted molar refractivity (Wildman–Crippen MR) is 119 cm³/mol. The molecule has 1 aliphatic heterocycles. The number of nitrogens with one attached hydrogen (secondary N) is 2. The van der Waals surface area contributed by atoms with Gasteiger partial charge in [-0.3, -0.25) is 14.5 Å². The second kappa shape index (κ2) is 11.0. The molecule has 7 heteroatoms. The Morgan fingerprint density at radius 1 is 1.13 bits per heavy atom. The van der Waals surface area contributed by atoms with E-state index in [1.165, 1.54) is 0 Å². The van der Waals surface area contributed by atoms with Gasteiger partial charge in [0.05, 0.1) is 18.9 Å². The third-order valence-corrected chi connectivity index (χ3v) is 5.59. The molecule has 1 saturated heterocycles. The van der Waals surface area contributed by atoms with E-state index in [-0.39, 0.29) is 23.8 Å². The van der Waals surface area contributed by atoms with Gasteiger partial charge in [0.2, 0.25) is 5.91 Å². The average Bonchev–Trinajstić information content (AvgIpc) is 3.47. The van der Waals surface area contributed by atoms with Gasteiger partial charge in [0, 0.05) is 12.1 Å². The van der Waals surface area contributed by atoms with Crippen molar-refractivity contribution < 1.29 is 18.7 Å². The second-order valence-corrected chi connectivity index (χ2v) is 8.17. The number of likely N-dealkylation sites (tertiary alicyclic amines) is 1. The summed E-state index contributed by atoms with van der Waals surface area (Å²) in [6.07, 6.45) is 3.96. The molecule has 0 radical (unpaired) electrons.